The summed E-state index contributed by atoms with van der Waals surface area (Å²) in [4.78, 5) is 5.88. The molecular formula is C15H14BrN5. The molecule has 21 heavy (non-hydrogen) atoms. The highest BCUT2D eigenvalue weighted by molar-refractivity contribution is 9.10. The third-order valence-corrected chi connectivity index (χ3v) is 3.84. The van der Waals surface area contributed by atoms with Gasteiger partial charge in [-0.25, -0.2) is 4.98 Å². The topological polar surface area (TPSA) is 55.6 Å². The minimum atomic E-state index is 0.607. The number of hydrogen-bond donors (Lipinski definition) is 1. The van der Waals surface area contributed by atoms with E-state index in [0.29, 0.717) is 6.54 Å². The highest BCUT2D eigenvalue weighted by atomic mass is 79.9. The number of nitrogens with zero attached hydrogens (tertiary/aromatic N) is 4. The van der Waals surface area contributed by atoms with Crippen LogP contribution in [0.2, 0.25) is 0 Å². The van der Waals surface area contributed by atoms with Crippen LogP contribution in [-0.2, 0) is 6.54 Å². The van der Waals surface area contributed by atoms with Gasteiger partial charge in [0.15, 0.2) is 0 Å². The molecular weight excluding hydrogens is 330 g/mol. The fraction of sp³-hybridized carbons (Fsp3) is 0.133. The van der Waals surface area contributed by atoms with Gasteiger partial charge in [0.2, 0.25) is 0 Å². The Kier molecular flexibility index (Phi) is 3.96. The Morgan fingerprint density at radius 3 is 2.76 bits per heavy atom. The van der Waals surface area contributed by atoms with Gasteiger partial charge in [0.1, 0.15) is 10.3 Å². The van der Waals surface area contributed by atoms with Crippen molar-refractivity contribution in [2.24, 2.45) is 0 Å². The first kappa shape index (κ1) is 13.8. The Morgan fingerprint density at radius 1 is 1.19 bits per heavy atom. The van der Waals surface area contributed by atoms with Crippen molar-refractivity contribution in [1.82, 2.24) is 20.0 Å². The average Bonchev–Trinajstić information content (AvgIpc) is 2.98. The van der Waals surface area contributed by atoms with Gasteiger partial charge in [-0.1, -0.05) is 18.2 Å². The van der Waals surface area contributed by atoms with Crippen molar-refractivity contribution in [2.75, 3.05) is 5.32 Å². The van der Waals surface area contributed by atoms with Crippen LogP contribution >= 0.6 is 15.9 Å². The van der Waals surface area contributed by atoms with Gasteiger partial charge in [-0.3, -0.25) is 0 Å². The van der Waals surface area contributed by atoms with Gasteiger partial charge in [0.25, 0.3) is 0 Å². The molecule has 1 N–H and O–H groups in total. The number of nitrogens with one attached hydrogen (secondary N) is 1. The molecule has 0 bridgehead atoms. The van der Waals surface area contributed by atoms with E-state index in [1.54, 1.807) is 17.2 Å². The molecule has 0 atom stereocenters. The molecule has 0 amide bonds. The molecule has 0 saturated heterocycles. The minimum absolute atomic E-state index is 0.607. The molecule has 0 unspecified atom stereocenters. The summed E-state index contributed by atoms with van der Waals surface area (Å²) < 4.78 is 0.864. The fourth-order valence-corrected chi connectivity index (χ4v) is 2.13. The summed E-state index contributed by atoms with van der Waals surface area (Å²) in [6.07, 6.45) is 3.55. The van der Waals surface area contributed by atoms with Crippen LogP contribution < -0.4 is 5.32 Å². The molecule has 106 valence electrons. The average molecular weight is 344 g/mol. The fourth-order valence-electron chi connectivity index (χ4n) is 1.91. The Bertz CT molecular complexity index is 739. The monoisotopic (exact) mass is 343 g/mol. The molecule has 0 aliphatic heterocycles. The molecule has 0 radical (unpaired) electrons. The molecule has 1 aromatic carbocycles. The van der Waals surface area contributed by atoms with Crippen molar-refractivity contribution in [2.45, 2.75) is 13.5 Å². The van der Waals surface area contributed by atoms with Crippen LogP contribution in [0.4, 0.5) is 5.69 Å². The first-order valence-electron chi connectivity index (χ1n) is 6.55. The van der Waals surface area contributed by atoms with Crippen molar-refractivity contribution >= 4 is 21.6 Å². The number of aromatic nitrogens is 4. The molecule has 0 spiro atoms. The molecule has 5 nitrogen and oxygen atoms in total. The van der Waals surface area contributed by atoms with Gasteiger partial charge >= 0.3 is 0 Å². The van der Waals surface area contributed by atoms with Gasteiger partial charge in [-0.05, 0) is 46.6 Å². The standard InChI is InChI=1S/C15H14BrN5/c1-11-7-12(8-18-15(11)16)17-9-13-10-19-21(20-13)14-5-3-2-4-6-14/h2-8,10,17H,9H2,1H3. The number of benzene rings is 1. The van der Waals surface area contributed by atoms with E-state index in [1.807, 2.05) is 43.3 Å². The largest absolute Gasteiger partial charge is 0.378 e. The molecule has 6 heteroatoms. The lowest BCUT2D eigenvalue weighted by Gasteiger charge is -2.05. The zero-order valence-corrected chi connectivity index (χ0v) is 13.1. The second-order valence-electron chi connectivity index (χ2n) is 4.65. The molecule has 2 heterocycles. The lowest BCUT2D eigenvalue weighted by atomic mass is 10.3. The highest BCUT2D eigenvalue weighted by Crippen LogP contribution is 2.17. The number of para-hydroxylation sites is 1. The number of anilines is 1. The predicted molar refractivity (Wildman–Crippen MR) is 85.4 cm³/mol. The van der Waals surface area contributed by atoms with Crippen molar-refractivity contribution in [3.8, 4) is 5.69 Å². The van der Waals surface area contributed by atoms with Crippen LogP contribution in [0.5, 0.6) is 0 Å². The van der Waals surface area contributed by atoms with Crippen LogP contribution in [0.15, 0.2) is 53.4 Å². The third-order valence-electron chi connectivity index (χ3n) is 3.01. The van der Waals surface area contributed by atoms with Gasteiger partial charge in [0, 0.05) is 0 Å². The number of aryl methyl sites for hydroxylation is 1. The van der Waals surface area contributed by atoms with E-state index in [-0.39, 0.29) is 0 Å². The summed E-state index contributed by atoms with van der Waals surface area (Å²) in [6.45, 7) is 2.61. The van der Waals surface area contributed by atoms with E-state index in [4.69, 9.17) is 0 Å². The summed E-state index contributed by atoms with van der Waals surface area (Å²) in [5.41, 5.74) is 3.88. The second kappa shape index (κ2) is 6.05. The molecule has 3 aromatic rings. The number of rotatable bonds is 4. The van der Waals surface area contributed by atoms with E-state index in [0.717, 1.165) is 27.2 Å². The number of halogens is 1. The molecule has 0 fully saturated rings. The molecule has 2 aromatic heterocycles. The van der Waals surface area contributed by atoms with E-state index >= 15 is 0 Å². The Morgan fingerprint density at radius 2 is 2.00 bits per heavy atom. The van der Waals surface area contributed by atoms with E-state index in [9.17, 15) is 0 Å². The van der Waals surface area contributed by atoms with Crippen molar-refractivity contribution in [3.05, 3.63) is 64.7 Å². The molecule has 0 saturated carbocycles. The van der Waals surface area contributed by atoms with E-state index in [2.05, 4.69) is 36.4 Å². The Hall–Kier alpha value is -2.21. The summed E-state index contributed by atoms with van der Waals surface area (Å²) >= 11 is 3.39. The van der Waals surface area contributed by atoms with Crippen molar-refractivity contribution in [3.63, 3.8) is 0 Å². The smallest absolute Gasteiger partial charge is 0.109 e. The summed E-state index contributed by atoms with van der Waals surface area (Å²) in [6, 6.07) is 11.9. The Labute approximate surface area is 131 Å². The lowest BCUT2D eigenvalue weighted by molar-refractivity contribution is 0.740. The zero-order valence-electron chi connectivity index (χ0n) is 11.5. The van der Waals surface area contributed by atoms with Crippen LogP contribution in [0.25, 0.3) is 5.69 Å². The first-order chi connectivity index (χ1) is 10.2. The maximum Gasteiger partial charge on any atom is 0.109 e. The van der Waals surface area contributed by atoms with E-state index in [1.165, 1.54) is 0 Å². The van der Waals surface area contributed by atoms with Crippen LogP contribution in [0.3, 0.4) is 0 Å². The van der Waals surface area contributed by atoms with Crippen molar-refractivity contribution < 1.29 is 0 Å². The van der Waals surface area contributed by atoms with Crippen LogP contribution in [-0.4, -0.2) is 20.0 Å². The van der Waals surface area contributed by atoms with Gasteiger partial charge in [0.05, 0.1) is 30.3 Å². The maximum absolute atomic E-state index is 4.45. The zero-order chi connectivity index (χ0) is 14.7. The number of pyridine rings is 1. The molecule has 3 rings (SSSR count). The number of hydrogen-bond acceptors (Lipinski definition) is 4. The molecule has 0 aliphatic rings. The quantitative estimate of drug-likeness (QED) is 0.738. The normalized spacial score (nSPS) is 10.6. The van der Waals surface area contributed by atoms with Crippen molar-refractivity contribution in [1.29, 1.82) is 0 Å². The first-order valence-corrected chi connectivity index (χ1v) is 7.34. The summed E-state index contributed by atoms with van der Waals surface area (Å²) in [7, 11) is 0. The van der Waals surface area contributed by atoms with Gasteiger partial charge in [-0.2, -0.15) is 15.0 Å². The molecule has 0 aliphatic carbocycles. The lowest BCUT2D eigenvalue weighted by Crippen LogP contribution is -2.03. The van der Waals surface area contributed by atoms with Gasteiger partial charge < -0.3 is 5.32 Å². The van der Waals surface area contributed by atoms with Crippen LogP contribution in [0, 0.1) is 6.92 Å². The predicted octanol–water partition coefficient (Wildman–Crippen LogP) is 3.35. The third kappa shape index (κ3) is 3.28. The minimum Gasteiger partial charge on any atom is -0.378 e. The summed E-state index contributed by atoms with van der Waals surface area (Å²) in [5.74, 6) is 0. The maximum atomic E-state index is 4.45. The van der Waals surface area contributed by atoms with Crippen LogP contribution in [0.1, 0.15) is 11.3 Å². The Balaban J connectivity index is 1.69. The second-order valence-corrected chi connectivity index (χ2v) is 5.40. The van der Waals surface area contributed by atoms with Gasteiger partial charge in [-0.15, -0.1) is 0 Å². The van der Waals surface area contributed by atoms with E-state index < -0.39 is 0 Å². The SMILES string of the molecule is Cc1cc(NCc2cnn(-c3ccccc3)n2)cnc1Br. The highest BCUT2D eigenvalue weighted by Gasteiger charge is 2.03. The summed E-state index contributed by atoms with van der Waals surface area (Å²) in [5, 5.41) is 12.0.